The van der Waals surface area contributed by atoms with E-state index in [0.29, 0.717) is 12.3 Å². The first-order valence-electron chi connectivity index (χ1n) is 9.53. The molecule has 1 aromatic heterocycles. The molecule has 4 heteroatoms. The second kappa shape index (κ2) is 6.66. The average molecular weight is 338 g/mol. The first-order valence-corrected chi connectivity index (χ1v) is 9.53. The van der Waals surface area contributed by atoms with Crippen molar-refractivity contribution in [2.24, 2.45) is 5.92 Å². The fraction of sp³-hybridized carbons (Fsp3) is 0.524. The molecule has 1 saturated heterocycles. The molecule has 2 aliphatic heterocycles. The number of amides is 1. The molecular weight excluding hydrogens is 312 g/mol. The van der Waals surface area contributed by atoms with Gasteiger partial charge in [-0.1, -0.05) is 18.2 Å². The lowest BCUT2D eigenvalue weighted by molar-refractivity contribution is -0.117. The van der Waals surface area contributed by atoms with Crippen LogP contribution in [0.3, 0.4) is 0 Å². The van der Waals surface area contributed by atoms with E-state index in [1.54, 1.807) is 6.92 Å². The summed E-state index contributed by atoms with van der Waals surface area (Å²) in [5, 5.41) is 1.11. The zero-order valence-electron chi connectivity index (χ0n) is 15.0. The van der Waals surface area contributed by atoms with E-state index in [4.69, 9.17) is 0 Å². The van der Waals surface area contributed by atoms with Gasteiger partial charge in [-0.2, -0.15) is 0 Å². The lowest BCUT2D eigenvalue weighted by Gasteiger charge is -2.32. The molecule has 0 saturated carbocycles. The molecule has 0 unspecified atom stereocenters. The lowest BCUT2D eigenvalue weighted by atomic mass is 9.91. The minimum Gasteiger partial charge on any atom is -0.346 e. The summed E-state index contributed by atoms with van der Waals surface area (Å²) in [6.45, 7) is 4.30. The van der Waals surface area contributed by atoms with Crippen LogP contribution in [0.15, 0.2) is 24.4 Å². The van der Waals surface area contributed by atoms with Crippen molar-refractivity contribution >= 4 is 22.6 Å². The van der Waals surface area contributed by atoms with Crippen LogP contribution in [0.25, 0.3) is 10.9 Å². The Morgan fingerprint density at radius 3 is 2.72 bits per heavy atom. The number of piperidine rings is 1. The Morgan fingerprint density at radius 2 is 1.96 bits per heavy atom. The van der Waals surface area contributed by atoms with Crippen molar-refractivity contribution in [2.75, 3.05) is 13.1 Å². The number of Topliss-reactive ketones (excluding diaryl/α,β-unsaturated/α-hetero) is 1. The topological polar surface area (TPSA) is 42.3 Å². The molecule has 3 heterocycles. The molecule has 2 aliphatic rings. The standard InChI is InChI=1S/C21H26N2O2/c1-15(24)7-8-16-9-12-22(13-10-16)21(25)19-14-23-11-3-5-17-4-2-6-18(19)20(17)23/h2,4,6,14,16H,3,5,7-13H2,1H3. The van der Waals surface area contributed by atoms with Crippen LogP contribution in [-0.4, -0.2) is 34.2 Å². The van der Waals surface area contributed by atoms with Gasteiger partial charge in [-0.05, 0) is 50.5 Å². The summed E-state index contributed by atoms with van der Waals surface area (Å²) >= 11 is 0. The zero-order chi connectivity index (χ0) is 17.4. The van der Waals surface area contributed by atoms with E-state index in [2.05, 4.69) is 29.0 Å². The summed E-state index contributed by atoms with van der Waals surface area (Å²) in [5.74, 6) is 1.03. The molecular formula is C21H26N2O2. The number of ketones is 1. The molecule has 0 atom stereocenters. The van der Waals surface area contributed by atoms with E-state index in [0.717, 1.165) is 62.7 Å². The number of rotatable bonds is 4. The zero-order valence-corrected chi connectivity index (χ0v) is 15.0. The van der Waals surface area contributed by atoms with Crippen molar-refractivity contribution < 1.29 is 9.59 Å². The molecule has 0 radical (unpaired) electrons. The molecule has 2 aromatic rings. The summed E-state index contributed by atoms with van der Waals surface area (Å²) in [4.78, 5) is 26.3. The number of hydrogen-bond acceptors (Lipinski definition) is 2. The monoisotopic (exact) mass is 338 g/mol. The van der Waals surface area contributed by atoms with Gasteiger partial charge in [-0.15, -0.1) is 0 Å². The van der Waals surface area contributed by atoms with Crippen LogP contribution in [0, 0.1) is 5.92 Å². The maximum absolute atomic E-state index is 13.1. The maximum atomic E-state index is 13.1. The third-order valence-corrected chi connectivity index (χ3v) is 5.86. The Hall–Kier alpha value is -2.10. The number of carbonyl (C=O) groups excluding carboxylic acids is 2. The van der Waals surface area contributed by atoms with Gasteiger partial charge in [0.15, 0.2) is 0 Å². The molecule has 0 N–H and O–H groups in total. The first kappa shape index (κ1) is 16.4. The highest BCUT2D eigenvalue weighted by Crippen LogP contribution is 2.31. The molecule has 4 nitrogen and oxygen atoms in total. The van der Waals surface area contributed by atoms with Crippen LogP contribution in [0.4, 0.5) is 0 Å². The number of aryl methyl sites for hydroxylation is 2. The van der Waals surface area contributed by atoms with E-state index in [-0.39, 0.29) is 11.7 Å². The normalized spacial score (nSPS) is 17.9. The first-order chi connectivity index (χ1) is 12.1. The van der Waals surface area contributed by atoms with Gasteiger partial charge in [0.05, 0.1) is 11.1 Å². The van der Waals surface area contributed by atoms with Gasteiger partial charge in [0.2, 0.25) is 0 Å². The highest BCUT2D eigenvalue weighted by molar-refractivity contribution is 6.07. The molecule has 0 bridgehead atoms. The van der Waals surface area contributed by atoms with E-state index in [9.17, 15) is 9.59 Å². The Balaban J connectivity index is 1.50. The quantitative estimate of drug-likeness (QED) is 0.851. The summed E-state index contributed by atoms with van der Waals surface area (Å²) in [6.07, 6.45) is 8.00. The number of benzene rings is 1. The average Bonchev–Trinajstić information content (AvgIpc) is 3.01. The highest BCUT2D eigenvalue weighted by Gasteiger charge is 2.27. The Labute approximate surface area is 148 Å². The summed E-state index contributed by atoms with van der Waals surface area (Å²) in [7, 11) is 0. The molecule has 1 fully saturated rings. The van der Waals surface area contributed by atoms with Crippen LogP contribution in [-0.2, 0) is 17.8 Å². The van der Waals surface area contributed by atoms with Crippen molar-refractivity contribution in [3.63, 3.8) is 0 Å². The number of para-hydroxylation sites is 1. The molecule has 1 amide bonds. The summed E-state index contributed by atoms with van der Waals surface area (Å²) in [5.41, 5.74) is 3.49. The van der Waals surface area contributed by atoms with Crippen molar-refractivity contribution in [1.82, 2.24) is 9.47 Å². The highest BCUT2D eigenvalue weighted by atomic mass is 16.2. The van der Waals surface area contributed by atoms with Crippen molar-refractivity contribution in [3.05, 3.63) is 35.5 Å². The fourth-order valence-electron chi connectivity index (χ4n) is 4.43. The van der Waals surface area contributed by atoms with Gasteiger partial charge >= 0.3 is 0 Å². The smallest absolute Gasteiger partial charge is 0.256 e. The van der Waals surface area contributed by atoms with Gasteiger partial charge in [0.1, 0.15) is 5.78 Å². The molecule has 4 rings (SSSR count). The second-order valence-corrected chi connectivity index (χ2v) is 7.63. The third kappa shape index (κ3) is 3.10. The number of nitrogens with zero attached hydrogens (tertiary/aromatic N) is 2. The molecule has 132 valence electrons. The van der Waals surface area contributed by atoms with Gasteiger partial charge in [-0.25, -0.2) is 0 Å². The van der Waals surface area contributed by atoms with E-state index < -0.39 is 0 Å². The molecule has 0 spiro atoms. The van der Waals surface area contributed by atoms with E-state index in [1.807, 2.05) is 4.90 Å². The molecule has 1 aromatic carbocycles. The Bertz CT molecular complexity index is 813. The van der Waals surface area contributed by atoms with Crippen LogP contribution >= 0.6 is 0 Å². The SMILES string of the molecule is CC(=O)CCC1CCN(C(=O)c2cn3c4c(cccc24)CCC3)CC1. The maximum Gasteiger partial charge on any atom is 0.256 e. The molecule has 25 heavy (non-hydrogen) atoms. The number of likely N-dealkylation sites (tertiary alicyclic amines) is 1. The van der Waals surface area contributed by atoms with E-state index in [1.165, 1.54) is 11.1 Å². The van der Waals surface area contributed by atoms with Crippen molar-refractivity contribution in [2.45, 2.75) is 52.0 Å². The summed E-state index contributed by atoms with van der Waals surface area (Å²) < 4.78 is 2.26. The third-order valence-electron chi connectivity index (χ3n) is 5.86. The van der Waals surface area contributed by atoms with E-state index >= 15 is 0 Å². The lowest BCUT2D eigenvalue weighted by Crippen LogP contribution is -2.38. The van der Waals surface area contributed by atoms with Crippen LogP contribution in [0.1, 0.15) is 54.9 Å². The van der Waals surface area contributed by atoms with Gasteiger partial charge in [-0.3, -0.25) is 4.79 Å². The minimum absolute atomic E-state index is 0.174. The Kier molecular flexibility index (Phi) is 4.36. The number of hydrogen-bond donors (Lipinski definition) is 0. The predicted molar refractivity (Wildman–Crippen MR) is 98.8 cm³/mol. The number of carbonyl (C=O) groups is 2. The van der Waals surface area contributed by atoms with Crippen LogP contribution in [0.5, 0.6) is 0 Å². The van der Waals surface area contributed by atoms with Crippen molar-refractivity contribution in [1.29, 1.82) is 0 Å². The summed E-state index contributed by atoms with van der Waals surface area (Å²) in [6, 6.07) is 6.36. The van der Waals surface area contributed by atoms with Crippen LogP contribution in [0.2, 0.25) is 0 Å². The van der Waals surface area contributed by atoms with Gasteiger partial charge in [0, 0.05) is 37.6 Å². The predicted octanol–water partition coefficient (Wildman–Crippen LogP) is 3.81. The Morgan fingerprint density at radius 1 is 1.16 bits per heavy atom. The van der Waals surface area contributed by atoms with Crippen LogP contribution < -0.4 is 0 Å². The van der Waals surface area contributed by atoms with Gasteiger partial charge in [0.25, 0.3) is 5.91 Å². The second-order valence-electron chi connectivity index (χ2n) is 7.63. The van der Waals surface area contributed by atoms with Gasteiger partial charge < -0.3 is 14.3 Å². The fourth-order valence-corrected chi connectivity index (χ4v) is 4.43. The minimum atomic E-state index is 0.174. The van der Waals surface area contributed by atoms with Crippen molar-refractivity contribution in [3.8, 4) is 0 Å². The largest absolute Gasteiger partial charge is 0.346 e. The molecule has 0 aliphatic carbocycles. The number of aromatic nitrogens is 1.